The van der Waals surface area contributed by atoms with Crippen molar-refractivity contribution in [3.8, 4) is 17.0 Å². The Labute approximate surface area is 126 Å². The third kappa shape index (κ3) is 2.56. The van der Waals surface area contributed by atoms with Crippen LogP contribution >= 0.6 is 0 Å². The number of benzene rings is 1. The Morgan fingerprint density at radius 2 is 1.95 bits per heavy atom. The van der Waals surface area contributed by atoms with Gasteiger partial charge in [0, 0.05) is 12.6 Å². The van der Waals surface area contributed by atoms with Crippen LogP contribution in [0.1, 0.15) is 0 Å². The van der Waals surface area contributed by atoms with Crippen LogP contribution in [-0.4, -0.2) is 34.8 Å². The predicted molar refractivity (Wildman–Crippen MR) is 83.1 cm³/mol. The number of nitrogens with one attached hydrogen (secondary N) is 2. The maximum atomic E-state index is 11.4. The molecule has 0 atom stereocenters. The van der Waals surface area contributed by atoms with Crippen LogP contribution in [0.15, 0.2) is 42.5 Å². The molecule has 0 aliphatic rings. The Bertz CT molecular complexity index is 810. The third-order valence-corrected chi connectivity index (χ3v) is 3.20. The number of nitrogens with zero attached hydrogens (tertiary/aromatic N) is 3. The first-order valence-corrected chi connectivity index (χ1v) is 6.70. The molecule has 0 fully saturated rings. The number of ether oxygens (including phenoxy) is 1. The van der Waals surface area contributed by atoms with E-state index >= 15 is 0 Å². The van der Waals surface area contributed by atoms with Crippen LogP contribution in [0, 0.1) is 0 Å². The Hall–Kier alpha value is -3.09. The van der Waals surface area contributed by atoms with E-state index < -0.39 is 0 Å². The Morgan fingerprint density at radius 1 is 1.18 bits per heavy atom. The summed E-state index contributed by atoms with van der Waals surface area (Å²) in [7, 11) is 3.16. The van der Waals surface area contributed by atoms with Gasteiger partial charge in [0.1, 0.15) is 5.75 Å². The molecule has 0 bridgehead atoms. The lowest BCUT2D eigenvalue weighted by molar-refractivity contribution is 0.254. The number of amides is 2. The fraction of sp³-hybridized carbons (Fsp3) is 0.133. The van der Waals surface area contributed by atoms with Crippen molar-refractivity contribution in [1.29, 1.82) is 0 Å². The number of carbonyl (C=O) groups is 1. The van der Waals surface area contributed by atoms with Crippen molar-refractivity contribution in [2.45, 2.75) is 0 Å². The van der Waals surface area contributed by atoms with Gasteiger partial charge < -0.3 is 10.1 Å². The summed E-state index contributed by atoms with van der Waals surface area (Å²) in [5, 5.41) is 9.35. The van der Waals surface area contributed by atoms with E-state index in [4.69, 9.17) is 4.74 Å². The largest absolute Gasteiger partial charge is 0.497 e. The number of anilines is 1. The first kappa shape index (κ1) is 13.9. The topological polar surface area (TPSA) is 80.5 Å². The SMILES string of the molecule is CNC(=O)Nc1nc2cccc(-c3ccc(OC)cc3)n2n1. The molecule has 2 N–H and O–H groups in total. The second kappa shape index (κ2) is 5.72. The van der Waals surface area contributed by atoms with Crippen molar-refractivity contribution < 1.29 is 9.53 Å². The van der Waals surface area contributed by atoms with E-state index in [1.54, 1.807) is 11.6 Å². The number of fused-ring (bicyclic) bond motifs is 1. The summed E-state index contributed by atoms with van der Waals surface area (Å²) in [4.78, 5) is 15.6. The summed E-state index contributed by atoms with van der Waals surface area (Å²) >= 11 is 0. The number of hydrogen-bond donors (Lipinski definition) is 2. The normalized spacial score (nSPS) is 10.5. The fourth-order valence-corrected chi connectivity index (χ4v) is 2.10. The predicted octanol–water partition coefficient (Wildman–Crippen LogP) is 2.16. The second-order valence-electron chi connectivity index (χ2n) is 4.55. The molecule has 7 heteroatoms. The van der Waals surface area contributed by atoms with E-state index in [1.807, 2.05) is 42.5 Å². The molecule has 2 heterocycles. The van der Waals surface area contributed by atoms with E-state index in [-0.39, 0.29) is 12.0 Å². The van der Waals surface area contributed by atoms with Crippen molar-refractivity contribution in [3.05, 3.63) is 42.5 Å². The molecule has 0 saturated heterocycles. The van der Waals surface area contributed by atoms with E-state index in [9.17, 15) is 4.79 Å². The molecule has 3 aromatic rings. The van der Waals surface area contributed by atoms with Gasteiger partial charge in [-0.2, -0.15) is 4.98 Å². The van der Waals surface area contributed by atoms with Crippen molar-refractivity contribution in [2.24, 2.45) is 0 Å². The highest BCUT2D eigenvalue weighted by Gasteiger charge is 2.10. The first-order chi connectivity index (χ1) is 10.7. The highest BCUT2D eigenvalue weighted by Crippen LogP contribution is 2.23. The fourth-order valence-electron chi connectivity index (χ4n) is 2.10. The average molecular weight is 297 g/mol. The maximum Gasteiger partial charge on any atom is 0.321 e. The minimum absolute atomic E-state index is 0.250. The van der Waals surface area contributed by atoms with Crippen molar-refractivity contribution in [2.75, 3.05) is 19.5 Å². The minimum atomic E-state index is -0.359. The molecular formula is C15H15N5O2. The highest BCUT2D eigenvalue weighted by molar-refractivity contribution is 5.87. The van der Waals surface area contributed by atoms with Gasteiger partial charge in [0.05, 0.1) is 12.8 Å². The zero-order valence-electron chi connectivity index (χ0n) is 12.2. The zero-order chi connectivity index (χ0) is 15.5. The van der Waals surface area contributed by atoms with Gasteiger partial charge in [0.15, 0.2) is 5.65 Å². The molecule has 22 heavy (non-hydrogen) atoms. The standard InChI is InChI=1S/C15H15N5O2/c1-16-15(21)18-14-17-13-5-3-4-12(20(13)19-14)10-6-8-11(22-2)9-7-10/h3-9H,1-2H3,(H2,16,18,19,21). The average Bonchev–Trinajstić information content (AvgIpc) is 2.97. The lowest BCUT2D eigenvalue weighted by Gasteiger charge is -2.05. The van der Waals surface area contributed by atoms with Crippen LogP contribution in [-0.2, 0) is 0 Å². The Balaban J connectivity index is 2.03. The number of rotatable bonds is 3. The molecule has 0 aliphatic heterocycles. The molecule has 1 aromatic carbocycles. The van der Waals surface area contributed by atoms with Crippen molar-refractivity contribution >= 4 is 17.6 Å². The monoisotopic (exact) mass is 297 g/mol. The van der Waals surface area contributed by atoms with Crippen molar-refractivity contribution in [1.82, 2.24) is 19.9 Å². The molecule has 3 rings (SSSR count). The van der Waals surface area contributed by atoms with Gasteiger partial charge in [-0.05, 0) is 36.4 Å². The summed E-state index contributed by atoms with van der Waals surface area (Å²) in [5.74, 6) is 1.04. The molecule has 2 amide bonds. The number of urea groups is 1. The molecule has 0 aliphatic carbocycles. The maximum absolute atomic E-state index is 11.4. The summed E-state index contributed by atoms with van der Waals surface area (Å²) in [6, 6.07) is 13.0. The summed E-state index contributed by atoms with van der Waals surface area (Å²) in [6.07, 6.45) is 0. The van der Waals surface area contributed by atoms with Gasteiger partial charge in [-0.1, -0.05) is 6.07 Å². The van der Waals surface area contributed by atoms with Crippen LogP contribution in [0.3, 0.4) is 0 Å². The smallest absolute Gasteiger partial charge is 0.321 e. The van der Waals surface area contributed by atoms with E-state index in [0.717, 1.165) is 17.0 Å². The summed E-state index contributed by atoms with van der Waals surface area (Å²) in [5.41, 5.74) is 2.50. The molecule has 0 spiro atoms. The molecule has 0 saturated carbocycles. The van der Waals surface area contributed by atoms with Gasteiger partial charge in [-0.3, -0.25) is 5.32 Å². The van der Waals surface area contributed by atoms with E-state index in [0.29, 0.717) is 5.65 Å². The highest BCUT2D eigenvalue weighted by atomic mass is 16.5. The second-order valence-corrected chi connectivity index (χ2v) is 4.55. The van der Waals surface area contributed by atoms with Crippen LogP contribution in [0.5, 0.6) is 5.75 Å². The number of hydrogen-bond acceptors (Lipinski definition) is 4. The molecule has 7 nitrogen and oxygen atoms in total. The van der Waals surface area contributed by atoms with Gasteiger partial charge in [0.2, 0.25) is 0 Å². The molecule has 2 aromatic heterocycles. The zero-order valence-corrected chi connectivity index (χ0v) is 12.2. The number of aromatic nitrogens is 3. The van der Waals surface area contributed by atoms with Crippen molar-refractivity contribution in [3.63, 3.8) is 0 Å². The lowest BCUT2D eigenvalue weighted by atomic mass is 10.1. The molecule has 112 valence electrons. The van der Waals surface area contributed by atoms with Crippen LogP contribution in [0.4, 0.5) is 10.7 Å². The number of pyridine rings is 1. The molecular weight excluding hydrogens is 282 g/mol. The van der Waals surface area contributed by atoms with Crippen LogP contribution in [0.2, 0.25) is 0 Å². The van der Waals surface area contributed by atoms with Gasteiger partial charge in [0.25, 0.3) is 5.95 Å². The minimum Gasteiger partial charge on any atom is -0.497 e. The summed E-state index contributed by atoms with van der Waals surface area (Å²) < 4.78 is 6.85. The molecule has 0 unspecified atom stereocenters. The van der Waals surface area contributed by atoms with Gasteiger partial charge in [-0.15, -0.1) is 5.10 Å². The quantitative estimate of drug-likeness (QED) is 0.776. The Kier molecular flexibility index (Phi) is 3.61. The van der Waals surface area contributed by atoms with E-state index in [2.05, 4.69) is 20.7 Å². The van der Waals surface area contributed by atoms with Crippen LogP contribution < -0.4 is 15.4 Å². The lowest BCUT2D eigenvalue weighted by Crippen LogP contribution is -2.25. The Morgan fingerprint density at radius 3 is 2.64 bits per heavy atom. The number of carbonyl (C=O) groups excluding carboxylic acids is 1. The van der Waals surface area contributed by atoms with Gasteiger partial charge >= 0.3 is 6.03 Å². The first-order valence-electron chi connectivity index (χ1n) is 6.70. The summed E-state index contributed by atoms with van der Waals surface area (Å²) in [6.45, 7) is 0. The van der Waals surface area contributed by atoms with E-state index in [1.165, 1.54) is 7.05 Å². The molecule has 0 radical (unpaired) electrons. The van der Waals surface area contributed by atoms with Gasteiger partial charge in [-0.25, -0.2) is 9.31 Å². The third-order valence-electron chi connectivity index (χ3n) is 3.20. The van der Waals surface area contributed by atoms with Crippen LogP contribution in [0.25, 0.3) is 16.9 Å². The number of methoxy groups -OCH3 is 1.